The molecule has 188 valence electrons. The highest BCUT2D eigenvalue weighted by Crippen LogP contribution is 2.29. The summed E-state index contributed by atoms with van der Waals surface area (Å²) < 4.78 is 0. The lowest BCUT2D eigenvalue weighted by Crippen LogP contribution is -2.40. The molecule has 0 aromatic heterocycles. The van der Waals surface area contributed by atoms with Gasteiger partial charge >= 0.3 is 6.03 Å². The first kappa shape index (κ1) is 25.5. The molecule has 0 aliphatic heterocycles. The molecule has 1 unspecified atom stereocenters. The smallest absolute Gasteiger partial charge is 0.321 e. The molecule has 3 aromatic rings. The Morgan fingerprint density at radius 2 is 1.64 bits per heavy atom. The summed E-state index contributed by atoms with van der Waals surface area (Å²) in [7, 11) is 0. The van der Waals surface area contributed by atoms with Crippen LogP contribution in [0.25, 0.3) is 0 Å². The molecule has 0 radical (unpaired) electrons. The maximum Gasteiger partial charge on any atom is 0.321 e. The van der Waals surface area contributed by atoms with Gasteiger partial charge in [-0.15, -0.1) is 0 Å². The van der Waals surface area contributed by atoms with E-state index in [2.05, 4.69) is 54.8 Å². The van der Waals surface area contributed by atoms with Crippen LogP contribution < -0.4 is 10.6 Å². The standard InChI is InChI=1S/C31H37N3O2/c1-23(2)25-15-17-27(18-16-25)32-31(36)34(21-19-24-9-4-3-5-10-24)22-20-30(35)33-29-14-8-12-26-11-6-7-13-28(26)29/h3-7,9-11,13,15-18,23,29H,8,12,14,19-22H2,1-2H3,(H,32,36)(H,33,35). The summed E-state index contributed by atoms with van der Waals surface area (Å²) in [6.45, 7) is 5.20. The van der Waals surface area contributed by atoms with E-state index in [0.29, 0.717) is 19.0 Å². The molecule has 1 atom stereocenters. The van der Waals surface area contributed by atoms with Crippen molar-refractivity contribution in [1.29, 1.82) is 0 Å². The number of nitrogens with one attached hydrogen (secondary N) is 2. The number of benzene rings is 3. The molecule has 0 bridgehead atoms. The van der Waals surface area contributed by atoms with E-state index in [4.69, 9.17) is 0 Å². The Bertz CT molecular complexity index is 1140. The fourth-order valence-electron chi connectivity index (χ4n) is 4.78. The molecule has 0 saturated carbocycles. The average Bonchev–Trinajstić information content (AvgIpc) is 2.90. The zero-order valence-electron chi connectivity index (χ0n) is 21.4. The van der Waals surface area contributed by atoms with E-state index in [1.54, 1.807) is 4.90 Å². The highest BCUT2D eigenvalue weighted by molar-refractivity contribution is 5.89. The summed E-state index contributed by atoms with van der Waals surface area (Å²) in [5.74, 6) is 0.419. The minimum atomic E-state index is -0.181. The molecule has 36 heavy (non-hydrogen) atoms. The van der Waals surface area contributed by atoms with Crippen LogP contribution in [-0.4, -0.2) is 29.9 Å². The van der Waals surface area contributed by atoms with Gasteiger partial charge in [0, 0.05) is 25.2 Å². The lowest BCUT2D eigenvalue weighted by Gasteiger charge is -2.27. The highest BCUT2D eigenvalue weighted by Gasteiger charge is 2.22. The molecule has 0 fully saturated rings. The largest absolute Gasteiger partial charge is 0.349 e. The van der Waals surface area contributed by atoms with Crippen LogP contribution in [0.1, 0.15) is 67.3 Å². The van der Waals surface area contributed by atoms with Crippen LogP contribution in [0.4, 0.5) is 10.5 Å². The van der Waals surface area contributed by atoms with Gasteiger partial charge in [0.15, 0.2) is 0 Å². The van der Waals surface area contributed by atoms with Gasteiger partial charge in [0.25, 0.3) is 0 Å². The molecule has 0 spiro atoms. The second-order valence-corrected chi connectivity index (χ2v) is 9.89. The predicted octanol–water partition coefficient (Wildman–Crippen LogP) is 6.47. The van der Waals surface area contributed by atoms with E-state index in [0.717, 1.165) is 31.4 Å². The maximum atomic E-state index is 13.2. The quantitative estimate of drug-likeness (QED) is 0.366. The molecular weight excluding hydrogens is 446 g/mol. The Balaban J connectivity index is 1.38. The van der Waals surface area contributed by atoms with Gasteiger partial charge in [-0.2, -0.15) is 0 Å². The Kier molecular flexibility index (Phi) is 8.77. The summed E-state index contributed by atoms with van der Waals surface area (Å²) in [6, 6.07) is 26.3. The van der Waals surface area contributed by atoms with Crippen molar-refractivity contribution < 1.29 is 9.59 Å². The summed E-state index contributed by atoms with van der Waals surface area (Å²) in [4.78, 5) is 27.9. The molecule has 0 heterocycles. The van der Waals surface area contributed by atoms with Crippen molar-refractivity contribution in [1.82, 2.24) is 10.2 Å². The first-order valence-corrected chi connectivity index (χ1v) is 13.1. The number of nitrogens with zero attached hydrogens (tertiary/aromatic N) is 1. The number of urea groups is 1. The summed E-state index contributed by atoms with van der Waals surface area (Å²) in [5.41, 5.74) is 5.70. The molecule has 3 aromatic carbocycles. The molecule has 5 nitrogen and oxygen atoms in total. The van der Waals surface area contributed by atoms with Crippen molar-refractivity contribution in [2.45, 2.75) is 57.9 Å². The van der Waals surface area contributed by atoms with Gasteiger partial charge in [0.2, 0.25) is 5.91 Å². The van der Waals surface area contributed by atoms with Gasteiger partial charge in [0.1, 0.15) is 0 Å². The van der Waals surface area contributed by atoms with Gasteiger partial charge in [-0.05, 0) is 66.0 Å². The van der Waals surface area contributed by atoms with Gasteiger partial charge in [0.05, 0.1) is 6.04 Å². The molecule has 1 aliphatic carbocycles. The number of carbonyl (C=O) groups excluding carboxylic acids is 2. The number of aryl methyl sites for hydroxylation is 1. The van der Waals surface area contributed by atoms with Crippen LogP contribution in [0.5, 0.6) is 0 Å². The molecule has 4 rings (SSSR count). The highest BCUT2D eigenvalue weighted by atomic mass is 16.2. The SMILES string of the molecule is CC(C)c1ccc(NC(=O)N(CCC(=O)NC2CCCc3ccccc32)CCc2ccccc2)cc1. The number of anilines is 1. The number of rotatable bonds is 9. The number of hydrogen-bond donors (Lipinski definition) is 2. The summed E-state index contributed by atoms with van der Waals surface area (Å²) >= 11 is 0. The average molecular weight is 484 g/mol. The molecule has 5 heteroatoms. The van der Waals surface area contributed by atoms with Crippen molar-refractivity contribution in [3.63, 3.8) is 0 Å². The van der Waals surface area contributed by atoms with Gasteiger partial charge in [-0.25, -0.2) is 4.79 Å². The third kappa shape index (κ3) is 6.97. The number of hydrogen-bond acceptors (Lipinski definition) is 2. The maximum absolute atomic E-state index is 13.2. The van der Waals surface area contributed by atoms with Crippen molar-refractivity contribution >= 4 is 17.6 Å². The van der Waals surface area contributed by atoms with Crippen molar-refractivity contribution in [2.24, 2.45) is 0 Å². The second-order valence-electron chi connectivity index (χ2n) is 9.89. The fourth-order valence-corrected chi connectivity index (χ4v) is 4.78. The Morgan fingerprint density at radius 1 is 0.917 bits per heavy atom. The predicted molar refractivity (Wildman–Crippen MR) is 146 cm³/mol. The minimum Gasteiger partial charge on any atom is -0.349 e. The topological polar surface area (TPSA) is 61.4 Å². The van der Waals surface area contributed by atoms with Gasteiger partial charge in [-0.3, -0.25) is 4.79 Å². The van der Waals surface area contributed by atoms with E-state index in [1.165, 1.54) is 22.3 Å². The van der Waals surface area contributed by atoms with Gasteiger partial charge < -0.3 is 15.5 Å². The van der Waals surface area contributed by atoms with Crippen LogP contribution >= 0.6 is 0 Å². The molecule has 3 amide bonds. The van der Waals surface area contributed by atoms with Crippen LogP contribution in [-0.2, 0) is 17.6 Å². The van der Waals surface area contributed by atoms with Gasteiger partial charge in [-0.1, -0.05) is 80.6 Å². The van der Waals surface area contributed by atoms with Crippen molar-refractivity contribution in [3.05, 3.63) is 101 Å². The second kappa shape index (κ2) is 12.4. The van der Waals surface area contributed by atoms with Crippen molar-refractivity contribution in [3.8, 4) is 0 Å². The first-order chi connectivity index (χ1) is 17.5. The van der Waals surface area contributed by atoms with Crippen molar-refractivity contribution in [2.75, 3.05) is 18.4 Å². The monoisotopic (exact) mass is 483 g/mol. The van der Waals surface area contributed by atoms with E-state index in [-0.39, 0.29) is 24.4 Å². The Labute approximate surface area is 214 Å². The number of fused-ring (bicyclic) bond motifs is 1. The lowest BCUT2D eigenvalue weighted by molar-refractivity contribution is -0.122. The Morgan fingerprint density at radius 3 is 2.39 bits per heavy atom. The van der Waals surface area contributed by atoms with E-state index in [1.807, 2.05) is 48.5 Å². The van der Waals surface area contributed by atoms with E-state index in [9.17, 15) is 9.59 Å². The van der Waals surface area contributed by atoms with Crippen LogP contribution in [0.2, 0.25) is 0 Å². The summed E-state index contributed by atoms with van der Waals surface area (Å²) in [5, 5.41) is 6.23. The van der Waals surface area contributed by atoms with Crippen LogP contribution in [0.3, 0.4) is 0 Å². The number of amides is 3. The first-order valence-electron chi connectivity index (χ1n) is 13.1. The normalized spacial score (nSPS) is 14.7. The molecule has 2 N–H and O–H groups in total. The van der Waals surface area contributed by atoms with E-state index >= 15 is 0 Å². The van der Waals surface area contributed by atoms with Crippen LogP contribution in [0.15, 0.2) is 78.9 Å². The Hall–Kier alpha value is -3.60. The van der Waals surface area contributed by atoms with Crippen LogP contribution in [0, 0.1) is 0 Å². The zero-order valence-corrected chi connectivity index (χ0v) is 21.4. The lowest BCUT2D eigenvalue weighted by atomic mass is 9.87. The summed E-state index contributed by atoms with van der Waals surface area (Å²) in [6.07, 6.45) is 4.09. The minimum absolute atomic E-state index is 0.0181. The number of carbonyl (C=O) groups is 2. The molecular formula is C31H37N3O2. The third-order valence-electron chi connectivity index (χ3n) is 6.94. The zero-order chi connectivity index (χ0) is 25.3. The molecule has 1 aliphatic rings. The fraction of sp³-hybridized carbons (Fsp3) is 0.355. The third-order valence-corrected chi connectivity index (χ3v) is 6.94. The van der Waals surface area contributed by atoms with E-state index < -0.39 is 0 Å². The molecule has 0 saturated heterocycles.